The van der Waals surface area contributed by atoms with E-state index in [1.807, 2.05) is 0 Å². The van der Waals surface area contributed by atoms with Crippen LogP contribution in [0.2, 0.25) is 0 Å². The number of nitrogens with one attached hydrogen (secondary N) is 1. The van der Waals surface area contributed by atoms with E-state index >= 15 is 0 Å². The molecule has 4 heteroatoms. The van der Waals surface area contributed by atoms with Crippen molar-refractivity contribution in [1.82, 2.24) is 5.32 Å². The monoisotopic (exact) mass is 265 g/mol. The molecule has 104 valence electrons. The fourth-order valence-corrected chi connectivity index (χ4v) is 2.76. The molecule has 0 radical (unpaired) electrons. The van der Waals surface area contributed by atoms with Gasteiger partial charge in [0.2, 0.25) is 0 Å². The van der Waals surface area contributed by atoms with Crippen molar-refractivity contribution in [3.05, 3.63) is 35.6 Å². The van der Waals surface area contributed by atoms with Crippen LogP contribution >= 0.6 is 0 Å². The summed E-state index contributed by atoms with van der Waals surface area (Å²) in [6.45, 7) is 1.68. The summed E-state index contributed by atoms with van der Waals surface area (Å²) >= 11 is 0. The van der Waals surface area contributed by atoms with Gasteiger partial charge in [-0.1, -0.05) is 25.0 Å². The van der Waals surface area contributed by atoms with Crippen LogP contribution in [0, 0.1) is 5.82 Å². The predicted molar refractivity (Wildman–Crippen MR) is 71.5 cm³/mol. The van der Waals surface area contributed by atoms with Gasteiger partial charge in [0.25, 0.3) is 0 Å². The van der Waals surface area contributed by atoms with Crippen molar-refractivity contribution in [2.45, 2.75) is 50.6 Å². The Kier molecular flexibility index (Phi) is 4.20. The van der Waals surface area contributed by atoms with Gasteiger partial charge in [-0.15, -0.1) is 0 Å². The Balaban J connectivity index is 2.12. The molecule has 0 aliphatic heterocycles. The molecule has 19 heavy (non-hydrogen) atoms. The maximum Gasteiger partial charge on any atom is 0.323 e. The first-order chi connectivity index (χ1) is 8.99. The SMILES string of the molecule is CC(Cc1cccc(F)c1)(NC1CCCC1)C(=O)O. The van der Waals surface area contributed by atoms with Gasteiger partial charge in [-0.3, -0.25) is 10.1 Å². The second-order valence-corrected chi connectivity index (χ2v) is 5.57. The number of hydrogen-bond donors (Lipinski definition) is 2. The Labute approximate surface area is 112 Å². The van der Waals surface area contributed by atoms with E-state index in [0.717, 1.165) is 25.7 Å². The molecule has 0 aromatic heterocycles. The molecular formula is C15H20FNO2. The lowest BCUT2D eigenvalue weighted by Gasteiger charge is -2.30. The zero-order valence-electron chi connectivity index (χ0n) is 11.2. The van der Waals surface area contributed by atoms with Crippen molar-refractivity contribution in [3.63, 3.8) is 0 Å². The molecule has 0 amide bonds. The summed E-state index contributed by atoms with van der Waals surface area (Å²) < 4.78 is 13.2. The number of aliphatic carboxylic acids is 1. The van der Waals surface area contributed by atoms with Crippen LogP contribution in [0.1, 0.15) is 38.2 Å². The van der Waals surface area contributed by atoms with Crippen LogP contribution in [0.25, 0.3) is 0 Å². The van der Waals surface area contributed by atoms with E-state index in [1.165, 1.54) is 12.1 Å². The molecule has 1 aliphatic rings. The molecule has 1 unspecified atom stereocenters. The van der Waals surface area contributed by atoms with Crippen LogP contribution in [0.4, 0.5) is 4.39 Å². The van der Waals surface area contributed by atoms with Gasteiger partial charge in [-0.25, -0.2) is 4.39 Å². The molecule has 1 saturated carbocycles. The van der Waals surface area contributed by atoms with Gasteiger partial charge in [0.05, 0.1) is 0 Å². The van der Waals surface area contributed by atoms with Gasteiger partial charge >= 0.3 is 5.97 Å². The largest absolute Gasteiger partial charge is 0.480 e. The standard InChI is InChI=1S/C15H20FNO2/c1-15(14(18)19,17-13-7-2-3-8-13)10-11-5-4-6-12(16)9-11/h4-6,9,13,17H,2-3,7-8,10H2,1H3,(H,18,19). The van der Waals surface area contributed by atoms with Gasteiger partial charge in [0.15, 0.2) is 0 Å². The average molecular weight is 265 g/mol. The van der Waals surface area contributed by atoms with Gasteiger partial charge in [0.1, 0.15) is 11.4 Å². The summed E-state index contributed by atoms with van der Waals surface area (Å²) in [5, 5.41) is 12.7. The van der Waals surface area contributed by atoms with E-state index < -0.39 is 11.5 Å². The molecule has 3 nitrogen and oxygen atoms in total. The highest BCUT2D eigenvalue weighted by molar-refractivity contribution is 5.78. The average Bonchev–Trinajstić information content (AvgIpc) is 2.81. The minimum absolute atomic E-state index is 0.259. The van der Waals surface area contributed by atoms with Crippen molar-refractivity contribution in [1.29, 1.82) is 0 Å². The third-order valence-electron chi connectivity index (χ3n) is 3.80. The van der Waals surface area contributed by atoms with Crippen LogP contribution in [0.15, 0.2) is 24.3 Å². The van der Waals surface area contributed by atoms with Crippen LogP contribution in [0.5, 0.6) is 0 Å². The third-order valence-corrected chi connectivity index (χ3v) is 3.80. The molecule has 1 aliphatic carbocycles. The molecule has 2 rings (SSSR count). The van der Waals surface area contributed by atoms with E-state index in [9.17, 15) is 14.3 Å². The highest BCUT2D eigenvalue weighted by atomic mass is 19.1. The van der Waals surface area contributed by atoms with E-state index in [-0.39, 0.29) is 18.3 Å². The Morgan fingerprint density at radius 1 is 1.47 bits per heavy atom. The van der Waals surface area contributed by atoms with Crippen molar-refractivity contribution >= 4 is 5.97 Å². The molecule has 0 heterocycles. The number of hydrogen-bond acceptors (Lipinski definition) is 2. The lowest BCUT2D eigenvalue weighted by molar-refractivity contribution is -0.144. The lowest BCUT2D eigenvalue weighted by atomic mass is 9.91. The molecule has 1 atom stereocenters. The first kappa shape index (κ1) is 14.0. The molecule has 0 bridgehead atoms. The van der Waals surface area contributed by atoms with E-state index in [1.54, 1.807) is 19.1 Å². The zero-order chi connectivity index (χ0) is 13.9. The number of carboxylic acids is 1. The van der Waals surface area contributed by atoms with E-state index in [2.05, 4.69) is 5.32 Å². The summed E-state index contributed by atoms with van der Waals surface area (Å²) in [7, 11) is 0. The van der Waals surface area contributed by atoms with Gasteiger partial charge in [-0.2, -0.15) is 0 Å². The second-order valence-electron chi connectivity index (χ2n) is 5.57. The molecule has 2 N–H and O–H groups in total. The third kappa shape index (κ3) is 3.53. The lowest BCUT2D eigenvalue weighted by Crippen LogP contribution is -2.54. The zero-order valence-corrected chi connectivity index (χ0v) is 11.2. The summed E-state index contributed by atoms with van der Waals surface area (Å²) in [4.78, 5) is 11.5. The maximum absolute atomic E-state index is 13.2. The topological polar surface area (TPSA) is 49.3 Å². The smallest absolute Gasteiger partial charge is 0.323 e. The minimum atomic E-state index is -1.04. The normalized spacial score (nSPS) is 19.3. The van der Waals surface area contributed by atoms with E-state index in [4.69, 9.17) is 0 Å². The Morgan fingerprint density at radius 3 is 2.74 bits per heavy atom. The molecular weight excluding hydrogens is 245 g/mol. The first-order valence-electron chi connectivity index (χ1n) is 6.75. The summed E-state index contributed by atoms with van der Waals surface area (Å²) in [6, 6.07) is 6.40. The van der Waals surface area contributed by atoms with Crippen LogP contribution < -0.4 is 5.32 Å². The number of halogens is 1. The van der Waals surface area contributed by atoms with Crippen molar-refractivity contribution < 1.29 is 14.3 Å². The van der Waals surface area contributed by atoms with Crippen molar-refractivity contribution in [3.8, 4) is 0 Å². The highest BCUT2D eigenvalue weighted by Gasteiger charge is 2.36. The van der Waals surface area contributed by atoms with Crippen molar-refractivity contribution in [2.75, 3.05) is 0 Å². The second kappa shape index (κ2) is 5.70. The molecule has 1 aromatic rings. The highest BCUT2D eigenvalue weighted by Crippen LogP contribution is 2.23. The fraction of sp³-hybridized carbons (Fsp3) is 0.533. The summed E-state index contributed by atoms with van der Waals surface area (Å²) in [5.41, 5.74) is -0.335. The quantitative estimate of drug-likeness (QED) is 0.860. The summed E-state index contributed by atoms with van der Waals surface area (Å²) in [5.74, 6) is -1.21. The van der Waals surface area contributed by atoms with Gasteiger partial charge in [-0.05, 0) is 37.5 Å². The van der Waals surface area contributed by atoms with E-state index in [0.29, 0.717) is 5.56 Å². The summed E-state index contributed by atoms with van der Waals surface area (Å²) in [6.07, 6.45) is 4.62. The number of carbonyl (C=O) groups is 1. The Morgan fingerprint density at radius 2 is 2.16 bits per heavy atom. The maximum atomic E-state index is 13.2. The van der Waals surface area contributed by atoms with Crippen LogP contribution in [-0.2, 0) is 11.2 Å². The van der Waals surface area contributed by atoms with Gasteiger partial charge < -0.3 is 5.11 Å². The molecule has 1 fully saturated rings. The fourth-order valence-electron chi connectivity index (χ4n) is 2.76. The number of benzene rings is 1. The predicted octanol–water partition coefficient (Wildman–Crippen LogP) is 2.74. The Bertz CT molecular complexity index is 457. The molecule has 0 saturated heterocycles. The number of carboxylic acid groups (broad SMARTS) is 1. The molecule has 0 spiro atoms. The molecule has 1 aromatic carbocycles. The van der Waals surface area contributed by atoms with Crippen molar-refractivity contribution in [2.24, 2.45) is 0 Å². The van der Waals surface area contributed by atoms with Gasteiger partial charge in [0, 0.05) is 12.5 Å². The minimum Gasteiger partial charge on any atom is -0.480 e. The Hall–Kier alpha value is -1.42. The first-order valence-corrected chi connectivity index (χ1v) is 6.75. The number of rotatable bonds is 5. The van der Waals surface area contributed by atoms with Crippen LogP contribution in [0.3, 0.4) is 0 Å². The van der Waals surface area contributed by atoms with Crippen LogP contribution in [-0.4, -0.2) is 22.7 Å².